The fourth-order valence-corrected chi connectivity index (χ4v) is 1.82. The van der Waals surface area contributed by atoms with Gasteiger partial charge in [0, 0.05) is 0 Å². The van der Waals surface area contributed by atoms with Gasteiger partial charge in [-0.3, -0.25) is 6.08 Å². The fraction of sp³-hybridized carbons (Fsp3) is 0.278. The van der Waals surface area contributed by atoms with Crippen LogP contribution in [0, 0.1) is 6.08 Å². The van der Waals surface area contributed by atoms with Crippen LogP contribution in [-0.2, 0) is 26.2 Å². The van der Waals surface area contributed by atoms with Crippen LogP contribution in [0.2, 0.25) is 0 Å². The van der Waals surface area contributed by atoms with Gasteiger partial charge in [0.25, 0.3) is 0 Å². The van der Waals surface area contributed by atoms with Gasteiger partial charge in [0.1, 0.15) is 0 Å². The van der Waals surface area contributed by atoms with E-state index < -0.39 is 0 Å². The molecular weight excluding hydrogens is 407 g/mol. The first kappa shape index (κ1) is 27.7. The van der Waals surface area contributed by atoms with Crippen LogP contribution in [0.5, 0.6) is 0 Å². The zero-order valence-corrected chi connectivity index (χ0v) is 18.5. The van der Waals surface area contributed by atoms with E-state index in [4.69, 9.17) is 0 Å². The summed E-state index contributed by atoms with van der Waals surface area (Å²) < 4.78 is 0. The Morgan fingerprint density at radius 2 is 1.61 bits per heavy atom. The molecule has 0 saturated heterocycles. The summed E-state index contributed by atoms with van der Waals surface area (Å²) in [5.74, 6) is 0. The van der Waals surface area contributed by atoms with Gasteiger partial charge in [-0.05, 0) is 13.3 Å². The second kappa shape index (κ2) is 16.8. The van der Waals surface area contributed by atoms with Gasteiger partial charge in [0.05, 0.1) is 0 Å². The molecule has 0 radical (unpaired) electrons. The summed E-state index contributed by atoms with van der Waals surface area (Å²) in [6.07, 6.45) is 6.41. The minimum absolute atomic E-state index is 0. The van der Waals surface area contributed by atoms with Crippen molar-refractivity contribution in [3.8, 4) is 0 Å². The summed E-state index contributed by atoms with van der Waals surface area (Å²) in [7, 11) is 2.34. The number of fused-ring (bicyclic) bond motifs is 1. The molecule has 0 spiro atoms. The third-order valence-corrected chi connectivity index (χ3v) is 4.91. The number of rotatable bonds is 1. The van der Waals surface area contributed by atoms with Crippen molar-refractivity contribution in [2.24, 2.45) is 0 Å². The van der Waals surface area contributed by atoms with E-state index in [2.05, 4.69) is 81.8 Å². The molecule has 5 heteroatoms. The van der Waals surface area contributed by atoms with Gasteiger partial charge in [0.2, 0.25) is 0 Å². The minimum Gasteiger partial charge on any atom is -1.00 e. The number of benzene rings is 1. The first-order valence-electron chi connectivity index (χ1n) is 6.86. The van der Waals surface area contributed by atoms with E-state index in [0.29, 0.717) is 0 Å². The Balaban J connectivity index is -0.000000262. The summed E-state index contributed by atoms with van der Waals surface area (Å²) in [5.41, 5.74) is 2.72. The van der Waals surface area contributed by atoms with Gasteiger partial charge in [-0.2, -0.15) is 23.1 Å². The van der Waals surface area contributed by atoms with Crippen molar-refractivity contribution in [1.82, 2.24) is 0 Å². The summed E-state index contributed by atoms with van der Waals surface area (Å²) in [4.78, 5) is 0. The smallest absolute Gasteiger partial charge is 1.00 e. The Morgan fingerprint density at radius 1 is 1.00 bits per heavy atom. The zero-order valence-electron chi connectivity index (χ0n) is 14.1. The van der Waals surface area contributed by atoms with E-state index in [1.54, 1.807) is 0 Å². The van der Waals surface area contributed by atoms with Gasteiger partial charge >= 0.3 is 26.2 Å². The Bertz CT molecular complexity index is 545. The zero-order chi connectivity index (χ0) is 14.8. The molecule has 0 aliphatic heterocycles. The predicted molar refractivity (Wildman–Crippen MR) is 98.8 cm³/mol. The van der Waals surface area contributed by atoms with Gasteiger partial charge in [0.15, 0.2) is 0 Å². The van der Waals surface area contributed by atoms with E-state index in [1.165, 1.54) is 38.5 Å². The molecule has 0 N–H and O–H groups in total. The predicted octanol–water partition coefficient (Wildman–Crippen LogP) is 0.168. The summed E-state index contributed by atoms with van der Waals surface area (Å²) in [5, 5.41) is 2.66. The molecule has 2 aromatic rings. The molecule has 3 rings (SSSR count). The normalized spacial score (nSPS) is 12.2. The standard InChI is InChI=1S/C9H7.C7H9.C2H8P2.2FH.Zr/c1-2-5-9-7-3-6-8(9)4-1;1-6-3-4-7(2)5-6;1-3-4-2;;;/h1-7H;5H,3H2,1-2H3;3-4H,1-2H3;2*1H;/q2*-1;;;;+4/p-2. The van der Waals surface area contributed by atoms with Crippen molar-refractivity contribution in [3.63, 3.8) is 0 Å². The first-order chi connectivity index (χ1) is 9.67. The van der Waals surface area contributed by atoms with Crippen molar-refractivity contribution < 1.29 is 35.6 Å². The summed E-state index contributed by atoms with van der Waals surface area (Å²) >= 11 is 0. The van der Waals surface area contributed by atoms with E-state index in [1.807, 2.05) is 0 Å². The molecule has 1 aliphatic carbocycles. The molecule has 2 unspecified atom stereocenters. The van der Waals surface area contributed by atoms with E-state index in [9.17, 15) is 0 Å². The molecule has 0 saturated carbocycles. The van der Waals surface area contributed by atoms with Gasteiger partial charge < -0.3 is 9.41 Å². The Kier molecular flexibility index (Phi) is 20.2. The molecule has 1 aliphatic rings. The number of allylic oxidation sites excluding steroid dienone is 4. The number of hydrogen-bond acceptors (Lipinski definition) is 0. The molecule has 23 heavy (non-hydrogen) atoms. The Morgan fingerprint density at radius 3 is 2.00 bits per heavy atom. The van der Waals surface area contributed by atoms with Crippen molar-refractivity contribution in [1.29, 1.82) is 0 Å². The quantitative estimate of drug-likeness (QED) is 0.446. The second-order valence-electron chi connectivity index (χ2n) is 4.68. The van der Waals surface area contributed by atoms with Crippen molar-refractivity contribution in [2.75, 3.05) is 13.3 Å². The third kappa shape index (κ3) is 12.0. The van der Waals surface area contributed by atoms with Crippen LogP contribution in [0.15, 0.2) is 59.7 Å². The summed E-state index contributed by atoms with van der Waals surface area (Å²) in [6.45, 7) is 8.65. The van der Waals surface area contributed by atoms with Crippen molar-refractivity contribution in [2.45, 2.75) is 20.3 Å². The van der Waals surface area contributed by atoms with E-state index >= 15 is 0 Å². The van der Waals surface area contributed by atoms with Crippen LogP contribution in [-0.4, -0.2) is 13.3 Å². The average Bonchev–Trinajstić information content (AvgIpc) is 3.08. The molecule has 0 aromatic heterocycles. The van der Waals surface area contributed by atoms with Crippen LogP contribution in [0.3, 0.4) is 0 Å². The average molecular weight is 432 g/mol. The Hall–Kier alpha value is -0.0869. The van der Waals surface area contributed by atoms with Gasteiger partial charge in [-0.25, -0.2) is 11.6 Å². The monoisotopic (exact) mass is 430 g/mol. The van der Waals surface area contributed by atoms with Crippen molar-refractivity contribution >= 4 is 27.3 Å². The molecule has 2 atom stereocenters. The molecule has 0 bridgehead atoms. The molecule has 2 aromatic carbocycles. The third-order valence-electron chi connectivity index (χ3n) is 2.91. The topological polar surface area (TPSA) is 0 Å². The summed E-state index contributed by atoms with van der Waals surface area (Å²) in [6, 6.07) is 14.7. The fourth-order valence-electron chi connectivity index (χ4n) is 1.82. The van der Waals surface area contributed by atoms with E-state index in [0.717, 1.165) is 6.42 Å². The van der Waals surface area contributed by atoms with E-state index in [-0.39, 0.29) is 35.6 Å². The van der Waals surface area contributed by atoms with Crippen molar-refractivity contribution in [3.05, 3.63) is 65.8 Å². The minimum atomic E-state index is 0. The van der Waals surface area contributed by atoms with Gasteiger partial charge in [-0.1, -0.05) is 19.9 Å². The van der Waals surface area contributed by atoms with Crippen LogP contribution < -0.4 is 9.41 Å². The molecule has 0 amide bonds. The molecule has 0 heterocycles. The first-order valence-corrected chi connectivity index (χ1v) is 10.9. The Labute approximate surface area is 161 Å². The second-order valence-corrected chi connectivity index (χ2v) is 8.68. The van der Waals surface area contributed by atoms with Crippen LogP contribution >= 0.6 is 16.5 Å². The maximum absolute atomic E-state index is 3.19. The largest absolute Gasteiger partial charge is 4.00 e. The number of hydrogen-bond donors (Lipinski definition) is 0. The molecule has 0 nitrogen and oxygen atoms in total. The molecular formula is C18H24F2P2Zr. The maximum Gasteiger partial charge on any atom is 4.00 e. The van der Waals surface area contributed by atoms with Crippen LogP contribution in [0.4, 0.5) is 0 Å². The van der Waals surface area contributed by atoms with Gasteiger partial charge in [-0.15, -0.1) is 52.6 Å². The number of halogens is 2. The SMILES string of the molecule is CC1=[C-]CC(C)=C1.CPPC.[F-].[F-].[Zr+4].c1ccc2[cH-]ccc2c1. The van der Waals surface area contributed by atoms with Crippen LogP contribution in [0.25, 0.3) is 10.8 Å². The molecule has 0 fully saturated rings. The maximum atomic E-state index is 3.19. The van der Waals surface area contributed by atoms with Crippen LogP contribution in [0.1, 0.15) is 20.3 Å². The molecule has 124 valence electrons.